The summed E-state index contributed by atoms with van der Waals surface area (Å²) in [5.41, 5.74) is 0. The number of carbonyl (C=O) groups is 1. The van der Waals surface area contributed by atoms with Crippen molar-refractivity contribution in [3.8, 4) is 0 Å². The number of hydrogen-bond donors (Lipinski definition) is 0. The number of ketones is 1. The lowest BCUT2D eigenvalue weighted by molar-refractivity contribution is -0.125. The van der Waals surface area contributed by atoms with Crippen LogP contribution < -0.4 is 0 Å². The van der Waals surface area contributed by atoms with Crippen LogP contribution >= 0.6 is 9.47 Å². The first kappa shape index (κ1) is 9.11. The van der Waals surface area contributed by atoms with Gasteiger partial charge >= 0.3 is 0 Å². The Bertz CT molecular complexity index is 160. The first-order chi connectivity index (χ1) is 5.20. The van der Waals surface area contributed by atoms with E-state index in [1.54, 1.807) is 6.92 Å². The van der Waals surface area contributed by atoms with Gasteiger partial charge in [-0.05, 0) is 13.3 Å². The summed E-state index contributed by atoms with van der Waals surface area (Å²) in [7, 11) is 2.12. The van der Waals surface area contributed by atoms with E-state index in [1.165, 1.54) is 0 Å². The van der Waals surface area contributed by atoms with Gasteiger partial charge in [-0.25, -0.2) is 0 Å². The maximum Gasteiger partial charge on any atom is 0.192 e. The lowest BCUT2D eigenvalue weighted by atomic mass is 10.1. The van der Waals surface area contributed by atoms with Gasteiger partial charge in [0.1, 0.15) is 12.2 Å². The molecule has 0 saturated carbocycles. The fraction of sp³-hybridized carbons (Fsp3) is 0.857. The number of Topliss-reactive ketones (excluding diaryl/α,β-unsaturated/α-hetero) is 1. The molecule has 4 atom stereocenters. The predicted molar refractivity (Wildman–Crippen MR) is 44.2 cm³/mol. The second kappa shape index (κ2) is 3.61. The Morgan fingerprint density at radius 2 is 2.36 bits per heavy atom. The van der Waals surface area contributed by atoms with E-state index in [9.17, 15) is 4.79 Å². The van der Waals surface area contributed by atoms with Crippen LogP contribution in [-0.4, -0.2) is 24.1 Å². The Morgan fingerprint density at radius 1 is 1.73 bits per heavy atom. The molecule has 0 spiro atoms. The van der Waals surface area contributed by atoms with Crippen molar-refractivity contribution in [2.24, 2.45) is 0 Å². The van der Waals surface area contributed by atoms with Gasteiger partial charge in [0.25, 0.3) is 0 Å². The van der Waals surface area contributed by atoms with E-state index in [1.807, 2.05) is 6.92 Å². The summed E-state index contributed by atoms with van der Waals surface area (Å²) in [6.45, 7) is 3.74. The monoisotopic (exact) mass is 176 g/mol. The van der Waals surface area contributed by atoms with Crippen LogP contribution in [0.4, 0.5) is 0 Å². The zero-order chi connectivity index (χ0) is 8.43. The van der Waals surface area contributed by atoms with Crippen LogP contribution in [0.5, 0.6) is 0 Å². The Kier molecular flexibility index (Phi) is 2.99. The summed E-state index contributed by atoms with van der Waals surface area (Å²) in [5, 5.41) is 0. The maximum absolute atomic E-state index is 11.2. The number of hydrogen-bond acceptors (Lipinski definition) is 3. The molecule has 0 aromatic rings. The molecule has 0 aliphatic carbocycles. The summed E-state index contributed by atoms with van der Waals surface area (Å²) in [4.78, 5) is 11.2. The standard InChI is InChI=1S/C7H13O3P/c1-3-5-7(10-11)6(8)4(2)9-5/h4-5,7H,3,11H2,1-2H3/t4?,5-,7-/m1/s1. The maximum atomic E-state index is 11.2. The van der Waals surface area contributed by atoms with Gasteiger partial charge in [-0.15, -0.1) is 0 Å². The molecule has 1 aliphatic heterocycles. The average molecular weight is 176 g/mol. The van der Waals surface area contributed by atoms with Gasteiger partial charge in [0.2, 0.25) is 0 Å². The fourth-order valence-corrected chi connectivity index (χ4v) is 1.59. The molecule has 1 rings (SSSR count). The highest BCUT2D eigenvalue weighted by Gasteiger charge is 2.40. The first-order valence-electron chi connectivity index (χ1n) is 3.75. The third kappa shape index (κ3) is 1.61. The van der Waals surface area contributed by atoms with Crippen LogP contribution in [0.3, 0.4) is 0 Å². The molecule has 0 amide bonds. The lowest BCUT2D eigenvalue weighted by Gasteiger charge is -2.12. The molecule has 1 fully saturated rings. The highest BCUT2D eigenvalue weighted by atomic mass is 31.0. The predicted octanol–water partition coefficient (Wildman–Crippen LogP) is 0.928. The highest BCUT2D eigenvalue weighted by Crippen LogP contribution is 2.23. The van der Waals surface area contributed by atoms with Gasteiger partial charge in [-0.3, -0.25) is 4.79 Å². The average Bonchev–Trinajstić information content (AvgIpc) is 2.28. The highest BCUT2D eigenvalue weighted by molar-refractivity contribution is 7.09. The minimum atomic E-state index is -0.375. The van der Waals surface area contributed by atoms with Gasteiger partial charge in [-0.2, -0.15) is 0 Å². The Morgan fingerprint density at radius 3 is 2.73 bits per heavy atom. The number of ether oxygens (including phenoxy) is 1. The van der Waals surface area contributed by atoms with Crippen LogP contribution in [0.1, 0.15) is 20.3 Å². The molecule has 64 valence electrons. The molecule has 0 radical (unpaired) electrons. The minimum absolute atomic E-state index is 0.0480. The van der Waals surface area contributed by atoms with E-state index in [-0.39, 0.29) is 24.1 Å². The molecular formula is C7H13O3P. The van der Waals surface area contributed by atoms with E-state index in [0.29, 0.717) is 0 Å². The second-order valence-corrected chi connectivity index (χ2v) is 2.96. The van der Waals surface area contributed by atoms with Gasteiger partial charge in [0.15, 0.2) is 5.78 Å². The molecule has 0 aromatic carbocycles. The van der Waals surface area contributed by atoms with Crippen LogP contribution in [0, 0.1) is 0 Å². The molecule has 2 unspecified atom stereocenters. The minimum Gasteiger partial charge on any atom is -0.364 e. The quantitative estimate of drug-likeness (QED) is 0.587. The van der Waals surface area contributed by atoms with Crippen molar-refractivity contribution in [2.75, 3.05) is 0 Å². The van der Waals surface area contributed by atoms with Gasteiger partial charge < -0.3 is 9.26 Å². The van der Waals surface area contributed by atoms with E-state index in [0.717, 1.165) is 6.42 Å². The lowest BCUT2D eigenvalue weighted by Crippen LogP contribution is -2.27. The zero-order valence-electron chi connectivity index (χ0n) is 6.74. The van der Waals surface area contributed by atoms with E-state index in [4.69, 9.17) is 9.26 Å². The van der Waals surface area contributed by atoms with Crippen molar-refractivity contribution < 1.29 is 14.1 Å². The molecule has 1 saturated heterocycles. The van der Waals surface area contributed by atoms with Crippen molar-refractivity contribution >= 4 is 15.2 Å². The van der Waals surface area contributed by atoms with Crippen LogP contribution in [0.15, 0.2) is 0 Å². The Hall–Kier alpha value is 0.0200. The third-order valence-corrected chi connectivity index (χ3v) is 2.24. The molecular weight excluding hydrogens is 163 g/mol. The van der Waals surface area contributed by atoms with Crippen molar-refractivity contribution in [1.82, 2.24) is 0 Å². The topological polar surface area (TPSA) is 35.5 Å². The van der Waals surface area contributed by atoms with Gasteiger partial charge in [0.05, 0.1) is 6.10 Å². The van der Waals surface area contributed by atoms with Crippen molar-refractivity contribution in [2.45, 2.75) is 38.6 Å². The van der Waals surface area contributed by atoms with Crippen molar-refractivity contribution in [3.05, 3.63) is 0 Å². The van der Waals surface area contributed by atoms with E-state index >= 15 is 0 Å². The molecule has 3 nitrogen and oxygen atoms in total. The summed E-state index contributed by atoms with van der Waals surface area (Å²) >= 11 is 0. The third-order valence-electron chi connectivity index (χ3n) is 1.95. The summed E-state index contributed by atoms with van der Waals surface area (Å²) in [6.07, 6.45) is 0.0790. The van der Waals surface area contributed by atoms with Crippen LogP contribution in [0.2, 0.25) is 0 Å². The SMILES string of the molecule is CC[C@H]1OC(C)C(=O)[C@@H]1OP. The first-order valence-corrected chi connectivity index (χ1v) is 4.22. The van der Waals surface area contributed by atoms with Crippen molar-refractivity contribution in [1.29, 1.82) is 0 Å². The summed E-state index contributed by atoms with van der Waals surface area (Å²) in [5.74, 6) is 0.0480. The summed E-state index contributed by atoms with van der Waals surface area (Å²) in [6, 6.07) is 0. The molecule has 1 heterocycles. The Balaban J connectivity index is 2.64. The molecule has 0 N–H and O–H groups in total. The van der Waals surface area contributed by atoms with E-state index < -0.39 is 0 Å². The van der Waals surface area contributed by atoms with Crippen LogP contribution in [0.25, 0.3) is 0 Å². The normalized spacial score (nSPS) is 38.1. The van der Waals surface area contributed by atoms with Crippen molar-refractivity contribution in [3.63, 3.8) is 0 Å². The second-order valence-electron chi connectivity index (χ2n) is 2.68. The number of carbonyl (C=O) groups excluding carboxylic acids is 1. The molecule has 11 heavy (non-hydrogen) atoms. The summed E-state index contributed by atoms with van der Waals surface area (Å²) < 4.78 is 10.3. The Labute approximate surface area is 68.7 Å². The van der Waals surface area contributed by atoms with Crippen LogP contribution in [-0.2, 0) is 14.1 Å². The zero-order valence-corrected chi connectivity index (χ0v) is 7.90. The van der Waals surface area contributed by atoms with Gasteiger partial charge in [-0.1, -0.05) is 6.92 Å². The molecule has 1 aliphatic rings. The van der Waals surface area contributed by atoms with E-state index in [2.05, 4.69) is 9.47 Å². The molecule has 0 aromatic heterocycles. The smallest absolute Gasteiger partial charge is 0.192 e. The largest absolute Gasteiger partial charge is 0.364 e. The molecule has 0 bridgehead atoms. The van der Waals surface area contributed by atoms with Gasteiger partial charge in [0, 0.05) is 9.47 Å². The fourth-order valence-electron chi connectivity index (χ4n) is 1.28. The number of rotatable bonds is 2. The molecule has 4 heteroatoms.